The maximum atomic E-state index is 12.6. The lowest BCUT2D eigenvalue weighted by atomic mass is 10.2. The van der Waals surface area contributed by atoms with Crippen LogP contribution < -0.4 is 10.6 Å². The number of pyridine rings is 1. The van der Waals surface area contributed by atoms with Crippen LogP contribution in [0, 0.1) is 6.92 Å². The fraction of sp³-hybridized carbons (Fsp3) is 0.0952. The van der Waals surface area contributed by atoms with Crippen LogP contribution >= 0.6 is 11.6 Å². The van der Waals surface area contributed by atoms with Gasteiger partial charge in [0.1, 0.15) is 5.69 Å². The molecule has 0 aliphatic carbocycles. The summed E-state index contributed by atoms with van der Waals surface area (Å²) in [4.78, 5) is 28.3. The summed E-state index contributed by atoms with van der Waals surface area (Å²) < 4.78 is 4.69. The van der Waals surface area contributed by atoms with E-state index in [1.165, 1.54) is 7.11 Å². The number of nitrogens with zero attached hydrogens (tertiary/aromatic N) is 1. The van der Waals surface area contributed by atoms with E-state index in [1.54, 1.807) is 42.6 Å². The summed E-state index contributed by atoms with van der Waals surface area (Å²) in [5, 5.41) is 6.62. The van der Waals surface area contributed by atoms with E-state index in [4.69, 9.17) is 11.6 Å². The zero-order valence-electron chi connectivity index (χ0n) is 15.3. The van der Waals surface area contributed by atoms with E-state index >= 15 is 0 Å². The Hall–Kier alpha value is -3.38. The molecule has 0 bridgehead atoms. The van der Waals surface area contributed by atoms with Gasteiger partial charge in [-0.2, -0.15) is 0 Å². The number of aromatic nitrogens is 1. The number of anilines is 3. The second-order valence-corrected chi connectivity index (χ2v) is 6.40. The van der Waals surface area contributed by atoms with Crippen molar-refractivity contribution in [3.8, 4) is 0 Å². The molecule has 0 spiro atoms. The molecule has 0 aliphatic rings. The number of carbonyl (C=O) groups is 2. The maximum Gasteiger partial charge on any atom is 0.337 e. The third-order valence-electron chi connectivity index (χ3n) is 4.08. The van der Waals surface area contributed by atoms with Gasteiger partial charge in [0.2, 0.25) is 0 Å². The molecule has 142 valence electrons. The van der Waals surface area contributed by atoms with Crippen molar-refractivity contribution in [2.45, 2.75) is 6.92 Å². The number of ether oxygens (including phenoxy) is 1. The van der Waals surface area contributed by atoms with Gasteiger partial charge in [-0.3, -0.25) is 9.78 Å². The van der Waals surface area contributed by atoms with Crippen LogP contribution in [0.15, 0.2) is 60.8 Å². The van der Waals surface area contributed by atoms with Crippen molar-refractivity contribution in [1.29, 1.82) is 0 Å². The molecular formula is C21H18ClN3O3. The lowest BCUT2D eigenvalue weighted by Crippen LogP contribution is -2.14. The highest BCUT2D eigenvalue weighted by molar-refractivity contribution is 6.31. The summed E-state index contributed by atoms with van der Waals surface area (Å²) in [5.41, 5.74) is 3.50. The van der Waals surface area contributed by atoms with Crippen molar-refractivity contribution in [1.82, 2.24) is 4.98 Å². The van der Waals surface area contributed by atoms with E-state index in [0.29, 0.717) is 22.0 Å². The molecule has 6 nitrogen and oxygen atoms in total. The lowest BCUT2D eigenvalue weighted by Gasteiger charge is -2.12. The SMILES string of the molecule is COC(=O)c1cccc(NC(=O)c2cc(Nc3cccc(Cl)c3C)ccn2)c1. The van der Waals surface area contributed by atoms with Crippen molar-refractivity contribution in [3.63, 3.8) is 0 Å². The van der Waals surface area contributed by atoms with E-state index in [1.807, 2.05) is 25.1 Å². The highest BCUT2D eigenvalue weighted by Gasteiger charge is 2.11. The predicted octanol–water partition coefficient (Wildman–Crippen LogP) is 4.83. The third kappa shape index (κ3) is 4.47. The number of hydrogen-bond donors (Lipinski definition) is 2. The van der Waals surface area contributed by atoms with E-state index in [9.17, 15) is 9.59 Å². The number of rotatable bonds is 5. The average molecular weight is 396 g/mol. The van der Waals surface area contributed by atoms with Crippen LogP contribution in [-0.4, -0.2) is 24.0 Å². The minimum Gasteiger partial charge on any atom is -0.465 e. The molecule has 0 unspecified atom stereocenters. The van der Waals surface area contributed by atoms with Crippen molar-refractivity contribution >= 4 is 40.5 Å². The van der Waals surface area contributed by atoms with Gasteiger partial charge in [0, 0.05) is 28.3 Å². The molecule has 3 rings (SSSR count). The molecule has 0 aliphatic heterocycles. The molecule has 0 atom stereocenters. The normalized spacial score (nSPS) is 10.2. The van der Waals surface area contributed by atoms with Crippen molar-refractivity contribution < 1.29 is 14.3 Å². The zero-order chi connectivity index (χ0) is 20.1. The molecule has 2 aromatic carbocycles. The molecule has 7 heteroatoms. The Morgan fingerprint density at radius 1 is 1.04 bits per heavy atom. The van der Waals surface area contributed by atoms with E-state index < -0.39 is 11.9 Å². The third-order valence-corrected chi connectivity index (χ3v) is 4.49. The fourth-order valence-corrected chi connectivity index (χ4v) is 2.74. The minimum atomic E-state index is -0.475. The number of halogens is 1. The van der Waals surface area contributed by atoms with Crippen LogP contribution in [-0.2, 0) is 4.74 Å². The zero-order valence-corrected chi connectivity index (χ0v) is 16.1. The largest absolute Gasteiger partial charge is 0.465 e. The van der Waals surface area contributed by atoms with Gasteiger partial charge in [0.15, 0.2) is 0 Å². The van der Waals surface area contributed by atoms with E-state index in [2.05, 4.69) is 20.4 Å². The second kappa shape index (κ2) is 8.54. The van der Waals surface area contributed by atoms with Gasteiger partial charge in [-0.25, -0.2) is 4.79 Å². The Bertz CT molecular complexity index is 1040. The molecule has 0 radical (unpaired) electrons. The first-order valence-electron chi connectivity index (χ1n) is 8.46. The van der Waals surface area contributed by atoms with Gasteiger partial charge in [0.25, 0.3) is 5.91 Å². The quantitative estimate of drug-likeness (QED) is 0.605. The molecule has 0 fully saturated rings. The van der Waals surface area contributed by atoms with Gasteiger partial charge in [-0.1, -0.05) is 23.7 Å². The van der Waals surface area contributed by atoms with Crippen LogP contribution in [0.25, 0.3) is 0 Å². The lowest BCUT2D eigenvalue weighted by molar-refractivity contribution is 0.0600. The minimum absolute atomic E-state index is 0.230. The highest BCUT2D eigenvalue weighted by atomic mass is 35.5. The predicted molar refractivity (Wildman–Crippen MR) is 109 cm³/mol. The number of amides is 1. The van der Waals surface area contributed by atoms with Crippen LogP contribution in [0.4, 0.5) is 17.1 Å². The highest BCUT2D eigenvalue weighted by Crippen LogP contribution is 2.26. The molecule has 3 aromatic rings. The van der Waals surface area contributed by atoms with Crippen LogP contribution in [0.5, 0.6) is 0 Å². The number of methoxy groups -OCH3 is 1. The first-order valence-corrected chi connectivity index (χ1v) is 8.83. The molecule has 0 saturated heterocycles. The van der Waals surface area contributed by atoms with Crippen molar-refractivity contribution in [3.05, 3.63) is 82.6 Å². The summed E-state index contributed by atoms with van der Waals surface area (Å²) in [6.45, 7) is 1.91. The van der Waals surface area contributed by atoms with Gasteiger partial charge in [-0.15, -0.1) is 0 Å². The average Bonchev–Trinajstić information content (AvgIpc) is 2.71. The first-order chi connectivity index (χ1) is 13.5. The van der Waals surface area contributed by atoms with Gasteiger partial charge in [-0.05, 0) is 55.0 Å². The number of carbonyl (C=O) groups excluding carboxylic acids is 2. The number of hydrogen-bond acceptors (Lipinski definition) is 5. The summed E-state index contributed by atoms with van der Waals surface area (Å²) >= 11 is 6.15. The molecule has 2 N–H and O–H groups in total. The summed E-state index contributed by atoms with van der Waals surface area (Å²) in [6.07, 6.45) is 1.54. The summed E-state index contributed by atoms with van der Waals surface area (Å²) in [7, 11) is 1.30. The van der Waals surface area contributed by atoms with E-state index in [0.717, 1.165) is 11.3 Å². The van der Waals surface area contributed by atoms with Gasteiger partial charge < -0.3 is 15.4 Å². The topological polar surface area (TPSA) is 80.3 Å². The van der Waals surface area contributed by atoms with Crippen molar-refractivity contribution in [2.24, 2.45) is 0 Å². The van der Waals surface area contributed by atoms with Crippen molar-refractivity contribution in [2.75, 3.05) is 17.7 Å². The Morgan fingerprint density at radius 2 is 1.82 bits per heavy atom. The molecule has 28 heavy (non-hydrogen) atoms. The second-order valence-electron chi connectivity index (χ2n) is 5.99. The molecule has 0 saturated carbocycles. The Balaban J connectivity index is 1.77. The van der Waals surface area contributed by atoms with Crippen LogP contribution in [0.2, 0.25) is 5.02 Å². The smallest absolute Gasteiger partial charge is 0.337 e. The van der Waals surface area contributed by atoms with Gasteiger partial charge in [0.05, 0.1) is 12.7 Å². The standard InChI is InChI=1S/C21H18ClN3O3/c1-13-17(22)7-4-8-18(13)24-16-9-10-23-19(12-16)20(26)25-15-6-3-5-14(11-15)21(27)28-2/h3-12H,1-2H3,(H,23,24)(H,25,26). The van der Waals surface area contributed by atoms with Gasteiger partial charge >= 0.3 is 5.97 Å². The first kappa shape index (κ1) is 19.4. The van der Waals surface area contributed by atoms with Crippen LogP contribution in [0.1, 0.15) is 26.4 Å². The molecule has 1 aromatic heterocycles. The Labute approximate surface area is 167 Å². The number of nitrogens with one attached hydrogen (secondary N) is 2. The molecule has 1 heterocycles. The Kier molecular flexibility index (Phi) is 5.91. The fourth-order valence-electron chi connectivity index (χ4n) is 2.57. The monoisotopic (exact) mass is 395 g/mol. The van der Waals surface area contributed by atoms with E-state index in [-0.39, 0.29) is 5.69 Å². The summed E-state index contributed by atoms with van der Waals surface area (Å²) in [5.74, 6) is -0.870. The molecular weight excluding hydrogens is 378 g/mol. The molecule has 1 amide bonds. The number of esters is 1. The summed E-state index contributed by atoms with van der Waals surface area (Å²) in [6, 6.07) is 15.5. The van der Waals surface area contributed by atoms with Crippen LogP contribution in [0.3, 0.4) is 0 Å². The number of benzene rings is 2. The maximum absolute atomic E-state index is 12.6. The Morgan fingerprint density at radius 3 is 2.61 bits per heavy atom.